The maximum atomic E-state index is 14.1. The molecule has 1 aromatic heterocycles. The van der Waals surface area contributed by atoms with Crippen LogP contribution in [0, 0.1) is 11.2 Å². The minimum Gasteiger partial charge on any atom is -0.372 e. The molecule has 30 heavy (non-hydrogen) atoms. The number of nitrogens with one attached hydrogen (secondary N) is 1. The highest BCUT2D eigenvalue weighted by atomic mass is 19.1. The first-order valence-electron chi connectivity index (χ1n) is 10.5. The second-order valence-electron chi connectivity index (χ2n) is 9.29. The van der Waals surface area contributed by atoms with Gasteiger partial charge in [-0.1, -0.05) is 26.0 Å². The molecule has 0 radical (unpaired) electrons. The van der Waals surface area contributed by atoms with E-state index in [1.165, 1.54) is 12.1 Å². The Morgan fingerprint density at radius 1 is 1.23 bits per heavy atom. The van der Waals surface area contributed by atoms with Gasteiger partial charge >= 0.3 is 0 Å². The average molecular weight is 413 g/mol. The number of aromatic nitrogens is 2. The van der Waals surface area contributed by atoms with E-state index in [2.05, 4.69) is 42.9 Å². The zero-order valence-corrected chi connectivity index (χ0v) is 18.0. The summed E-state index contributed by atoms with van der Waals surface area (Å²) in [4.78, 5) is 24.4. The van der Waals surface area contributed by atoms with E-state index in [1.54, 1.807) is 12.1 Å². The molecule has 1 fully saturated rings. The van der Waals surface area contributed by atoms with Crippen LogP contribution < -0.4 is 10.2 Å². The molecule has 6 nitrogen and oxygen atoms in total. The Morgan fingerprint density at radius 3 is 2.63 bits per heavy atom. The molecule has 0 unspecified atom stereocenters. The topological polar surface area (TPSA) is 67.4 Å². The van der Waals surface area contributed by atoms with Crippen molar-refractivity contribution in [3.63, 3.8) is 0 Å². The quantitative estimate of drug-likeness (QED) is 0.833. The smallest absolute Gasteiger partial charge is 0.254 e. The van der Waals surface area contributed by atoms with Crippen LogP contribution in [-0.2, 0) is 11.2 Å². The molecule has 1 amide bonds. The lowest BCUT2D eigenvalue weighted by Gasteiger charge is -2.38. The SMILES string of the molecule is C[C@@H]1CN(c2ncc3c(n2)CC(C)(C)C[C@@H]3NC(=O)c2ccccc2F)C[C@@H](C)O1. The molecule has 7 heteroatoms. The van der Waals surface area contributed by atoms with Crippen molar-refractivity contribution in [1.82, 2.24) is 15.3 Å². The third-order valence-corrected chi connectivity index (χ3v) is 5.79. The van der Waals surface area contributed by atoms with Crippen molar-refractivity contribution in [3.05, 3.63) is 53.1 Å². The van der Waals surface area contributed by atoms with Crippen LogP contribution in [0.3, 0.4) is 0 Å². The van der Waals surface area contributed by atoms with Gasteiger partial charge in [-0.3, -0.25) is 4.79 Å². The summed E-state index contributed by atoms with van der Waals surface area (Å²) in [5.74, 6) is -0.235. The number of rotatable bonds is 3. The molecule has 0 bridgehead atoms. The van der Waals surface area contributed by atoms with E-state index in [9.17, 15) is 9.18 Å². The van der Waals surface area contributed by atoms with E-state index >= 15 is 0 Å². The van der Waals surface area contributed by atoms with Gasteiger partial charge < -0.3 is 15.0 Å². The number of benzene rings is 1. The Kier molecular flexibility index (Phi) is 5.49. The third kappa shape index (κ3) is 4.31. The predicted octanol–water partition coefficient (Wildman–Crippen LogP) is 3.67. The Morgan fingerprint density at radius 2 is 1.93 bits per heavy atom. The van der Waals surface area contributed by atoms with Gasteiger partial charge in [0, 0.05) is 24.8 Å². The normalized spacial score (nSPS) is 25.5. The maximum absolute atomic E-state index is 14.1. The van der Waals surface area contributed by atoms with Gasteiger partial charge in [-0.05, 0) is 44.2 Å². The average Bonchev–Trinajstić information content (AvgIpc) is 2.66. The zero-order valence-electron chi connectivity index (χ0n) is 18.0. The molecule has 1 aliphatic carbocycles. The third-order valence-electron chi connectivity index (χ3n) is 5.79. The molecule has 1 N–H and O–H groups in total. The van der Waals surface area contributed by atoms with Crippen LogP contribution in [0.4, 0.5) is 10.3 Å². The van der Waals surface area contributed by atoms with Gasteiger partial charge in [0.25, 0.3) is 5.91 Å². The van der Waals surface area contributed by atoms with E-state index in [0.29, 0.717) is 5.95 Å². The maximum Gasteiger partial charge on any atom is 0.254 e. The molecular formula is C23H29FN4O2. The minimum absolute atomic E-state index is 0.0443. The highest BCUT2D eigenvalue weighted by Crippen LogP contribution is 2.40. The number of carbonyl (C=O) groups is 1. The van der Waals surface area contributed by atoms with Crippen LogP contribution in [-0.4, -0.2) is 41.2 Å². The van der Waals surface area contributed by atoms with Gasteiger partial charge in [-0.25, -0.2) is 14.4 Å². The molecule has 2 heterocycles. The lowest BCUT2D eigenvalue weighted by molar-refractivity contribution is -0.00575. The second-order valence-corrected chi connectivity index (χ2v) is 9.29. The zero-order chi connectivity index (χ0) is 21.5. The van der Waals surface area contributed by atoms with Crippen molar-refractivity contribution < 1.29 is 13.9 Å². The number of morpholine rings is 1. The Labute approximate surface area is 176 Å². The Balaban J connectivity index is 1.61. The van der Waals surface area contributed by atoms with Crippen molar-refractivity contribution in [2.24, 2.45) is 5.41 Å². The summed E-state index contributed by atoms with van der Waals surface area (Å²) in [6.45, 7) is 9.94. The van der Waals surface area contributed by atoms with Crippen molar-refractivity contribution in [2.45, 2.75) is 58.8 Å². The highest BCUT2D eigenvalue weighted by Gasteiger charge is 2.35. The Hall–Kier alpha value is -2.54. The fraction of sp³-hybridized carbons (Fsp3) is 0.522. The lowest BCUT2D eigenvalue weighted by atomic mass is 9.74. The molecule has 3 atom stereocenters. The molecule has 2 aromatic rings. The number of amides is 1. The molecule has 1 aromatic carbocycles. The molecule has 0 spiro atoms. The number of ether oxygens (including phenoxy) is 1. The number of carbonyl (C=O) groups excluding carboxylic acids is 1. The summed E-state index contributed by atoms with van der Waals surface area (Å²) in [6, 6.07) is 5.78. The van der Waals surface area contributed by atoms with Crippen molar-refractivity contribution >= 4 is 11.9 Å². The standard InChI is InChI=1S/C23H29FN4O2/c1-14-12-28(13-15(2)30-14)22-25-11-17-19(9-23(3,4)10-20(17)27-22)26-21(29)16-7-5-6-8-18(16)24/h5-8,11,14-15,19H,9-10,12-13H2,1-4H3,(H,26,29)/t14-,15-,19+/m1/s1. The minimum atomic E-state index is -0.521. The van der Waals surface area contributed by atoms with Crippen LogP contribution in [0.5, 0.6) is 0 Å². The molecule has 1 saturated heterocycles. The van der Waals surface area contributed by atoms with Crippen molar-refractivity contribution in [1.29, 1.82) is 0 Å². The van der Waals surface area contributed by atoms with E-state index in [4.69, 9.17) is 9.72 Å². The first kappa shape index (κ1) is 20.7. The number of halogens is 1. The fourth-order valence-electron chi connectivity index (χ4n) is 4.54. The van der Waals surface area contributed by atoms with Gasteiger partial charge in [0.2, 0.25) is 5.95 Å². The number of fused-ring (bicyclic) bond motifs is 1. The van der Waals surface area contributed by atoms with Crippen LogP contribution >= 0.6 is 0 Å². The Bertz CT molecular complexity index is 939. The van der Waals surface area contributed by atoms with Crippen molar-refractivity contribution in [3.8, 4) is 0 Å². The summed E-state index contributed by atoms with van der Waals surface area (Å²) in [6.07, 6.45) is 3.62. The van der Waals surface area contributed by atoms with Gasteiger partial charge in [0.15, 0.2) is 0 Å². The predicted molar refractivity (Wildman–Crippen MR) is 113 cm³/mol. The van der Waals surface area contributed by atoms with E-state index in [-0.39, 0.29) is 29.2 Å². The first-order valence-corrected chi connectivity index (χ1v) is 10.5. The summed E-state index contributed by atoms with van der Waals surface area (Å²) < 4.78 is 19.9. The molecule has 2 aliphatic rings. The summed E-state index contributed by atoms with van der Waals surface area (Å²) in [5, 5.41) is 3.01. The van der Waals surface area contributed by atoms with Gasteiger partial charge in [-0.2, -0.15) is 0 Å². The number of hydrogen-bond acceptors (Lipinski definition) is 5. The molecule has 4 rings (SSSR count). The fourth-order valence-corrected chi connectivity index (χ4v) is 4.54. The lowest BCUT2D eigenvalue weighted by Crippen LogP contribution is -2.46. The van der Waals surface area contributed by atoms with Gasteiger partial charge in [-0.15, -0.1) is 0 Å². The molecular weight excluding hydrogens is 383 g/mol. The molecule has 1 aliphatic heterocycles. The first-order chi connectivity index (χ1) is 14.2. The van der Waals surface area contributed by atoms with Gasteiger partial charge in [0.05, 0.1) is 29.5 Å². The highest BCUT2D eigenvalue weighted by molar-refractivity contribution is 5.94. The molecule has 160 valence electrons. The van der Waals surface area contributed by atoms with Crippen LogP contribution in [0.25, 0.3) is 0 Å². The molecule has 0 saturated carbocycles. The van der Waals surface area contributed by atoms with E-state index < -0.39 is 11.7 Å². The van der Waals surface area contributed by atoms with E-state index in [1.807, 2.05) is 6.20 Å². The second kappa shape index (κ2) is 7.95. The summed E-state index contributed by atoms with van der Waals surface area (Å²) in [7, 11) is 0. The number of anilines is 1. The van der Waals surface area contributed by atoms with Crippen molar-refractivity contribution in [2.75, 3.05) is 18.0 Å². The summed E-state index contributed by atoms with van der Waals surface area (Å²) in [5.41, 5.74) is 1.87. The number of hydrogen-bond donors (Lipinski definition) is 1. The largest absolute Gasteiger partial charge is 0.372 e. The van der Waals surface area contributed by atoms with Crippen LogP contribution in [0.2, 0.25) is 0 Å². The van der Waals surface area contributed by atoms with Crippen LogP contribution in [0.15, 0.2) is 30.5 Å². The van der Waals surface area contributed by atoms with Crippen LogP contribution in [0.1, 0.15) is 61.8 Å². The van der Waals surface area contributed by atoms with E-state index in [0.717, 1.165) is 37.2 Å². The number of nitrogens with zero attached hydrogens (tertiary/aromatic N) is 3. The van der Waals surface area contributed by atoms with Gasteiger partial charge in [0.1, 0.15) is 5.82 Å². The monoisotopic (exact) mass is 412 g/mol. The summed E-state index contributed by atoms with van der Waals surface area (Å²) >= 11 is 0.